The molecule has 4 heteroatoms. The van der Waals surface area contributed by atoms with Crippen LogP contribution in [0.15, 0.2) is 48.5 Å². The van der Waals surface area contributed by atoms with E-state index in [4.69, 9.17) is 0 Å². The molecule has 1 saturated heterocycles. The number of hydrogen-bond donors (Lipinski definition) is 0. The third-order valence-electron chi connectivity index (χ3n) is 4.97. The van der Waals surface area contributed by atoms with Crippen molar-refractivity contribution in [2.24, 2.45) is 0 Å². The van der Waals surface area contributed by atoms with Crippen LogP contribution in [0.2, 0.25) is 0 Å². The fourth-order valence-electron chi connectivity index (χ4n) is 3.88. The lowest BCUT2D eigenvalue weighted by Crippen LogP contribution is -2.34. The Kier molecular flexibility index (Phi) is 3.69. The number of fused-ring (bicyclic) bond motifs is 1. The number of amides is 2. The Balaban J connectivity index is 1.84. The van der Waals surface area contributed by atoms with Gasteiger partial charge in [0.2, 0.25) is 11.8 Å². The summed E-state index contributed by atoms with van der Waals surface area (Å²) in [7, 11) is 2.11. The maximum Gasteiger partial charge on any atom is 0.234 e. The third kappa shape index (κ3) is 2.43. The number of likely N-dealkylation sites (N-methyl/N-ethyl adjacent to an activating group) is 1. The van der Waals surface area contributed by atoms with E-state index in [-0.39, 0.29) is 17.7 Å². The third-order valence-corrected chi connectivity index (χ3v) is 4.97. The summed E-state index contributed by atoms with van der Waals surface area (Å²) in [5, 5.41) is 0. The van der Waals surface area contributed by atoms with Crippen LogP contribution >= 0.6 is 0 Å². The first-order chi connectivity index (χ1) is 11.6. The number of imide groups is 1. The Morgan fingerprint density at radius 3 is 2.25 bits per heavy atom. The number of rotatable bonds is 2. The highest BCUT2D eigenvalue weighted by Crippen LogP contribution is 2.38. The maximum absolute atomic E-state index is 12.2. The van der Waals surface area contributed by atoms with Crippen molar-refractivity contribution in [1.29, 1.82) is 0 Å². The molecule has 0 N–H and O–H groups in total. The quantitative estimate of drug-likeness (QED) is 0.799. The van der Waals surface area contributed by atoms with Crippen LogP contribution in [0.4, 0.5) is 5.69 Å². The minimum atomic E-state index is -0.0927. The van der Waals surface area contributed by atoms with Gasteiger partial charge in [-0.25, -0.2) is 0 Å². The van der Waals surface area contributed by atoms with E-state index in [1.54, 1.807) is 0 Å². The van der Waals surface area contributed by atoms with Gasteiger partial charge in [0, 0.05) is 31.8 Å². The van der Waals surface area contributed by atoms with Gasteiger partial charge in [0.15, 0.2) is 0 Å². The summed E-state index contributed by atoms with van der Waals surface area (Å²) in [4.78, 5) is 28.1. The summed E-state index contributed by atoms with van der Waals surface area (Å²) in [6.45, 7) is 1.81. The number of carbonyl (C=O) groups excluding carboxylic acids is 2. The van der Waals surface area contributed by atoms with Crippen LogP contribution in [0, 0.1) is 0 Å². The van der Waals surface area contributed by atoms with Crippen molar-refractivity contribution in [2.45, 2.75) is 25.3 Å². The number of hydrogen-bond acceptors (Lipinski definition) is 3. The molecule has 24 heavy (non-hydrogen) atoms. The molecule has 4 rings (SSSR count). The van der Waals surface area contributed by atoms with Gasteiger partial charge in [-0.1, -0.05) is 42.5 Å². The van der Waals surface area contributed by atoms with E-state index in [2.05, 4.69) is 42.3 Å². The smallest absolute Gasteiger partial charge is 0.234 e. The van der Waals surface area contributed by atoms with E-state index in [0.717, 1.165) is 24.3 Å². The van der Waals surface area contributed by atoms with Crippen LogP contribution in [-0.2, 0) is 16.1 Å². The van der Waals surface area contributed by atoms with Crippen molar-refractivity contribution >= 4 is 17.5 Å². The molecule has 4 nitrogen and oxygen atoms in total. The van der Waals surface area contributed by atoms with Crippen molar-refractivity contribution in [3.63, 3.8) is 0 Å². The fourth-order valence-corrected chi connectivity index (χ4v) is 3.88. The van der Waals surface area contributed by atoms with Crippen LogP contribution in [0.3, 0.4) is 0 Å². The second kappa shape index (κ2) is 5.87. The highest BCUT2D eigenvalue weighted by Gasteiger charge is 2.34. The molecule has 2 aromatic carbocycles. The molecular weight excluding hydrogens is 300 g/mol. The Hall–Kier alpha value is -2.46. The van der Waals surface area contributed by atoms with Crippen LogP contribution in [0.1, 0.15) is 35.4 Å². The average Bonchev–Trinajstić information content (AvgIpc) is 2.92. The monoisotopic (exact) mass is 320 g/mol. The zero-order valence-electron chi connectivity index (χ0n) is 13.7. The molecule has 2 aliphatic rings. The largest absolute Gasteiger partial charge is 0.301 e. The van der Waals surface area contributed by atoms with Gasteiger partial charge in [0.05, 0.1) is 5.69 Å². The molecule has 122 valence electrons. The number of benzene rings is 2. The molecule has 1 atom stereocenters. The SMILES string of the molecule is CN1Cc2ccccc2C(c2ccccc2N2C(=O)CCC2=O)C1. The van der Waals surface area contributed by atoms with Gasteiger partial charge in [-0.3, -0.25) is 14.5 Å². The number of anilines is 1. The molecule has 2 aromatic rings. The molecule has 0 bridgehead atoms. The predicted octanol–water partition coefficient (Wildman–Crippen LogP) is 2.92. The molecule has 1 unspecified atom stereocenters. The fraction of sp³-hybridized carbons (Fsp3) is 0.300. The topological polar surface area (TPSA) is 40.6 Å². The molecule has 0 spiro atoms. The minimum Gasteiger partial charge on any atom is -0.301 e. The van der Waals surface area contributed by atoms with E-state index in [1.165, 1.54) is 16.0 Å². The molecule has 2 aliphatic heterocycles. The first-order valence-corrected chi connectivity index (χ1v) is 8.36. The van der Waals surface area contributed by atoms with Gasteiger partial charge in [-0.15, -0.1) is 0 Å². The van der Waals surface area contributed by atoms with E-state index in [9.17, 15) is 9.59 Å². The lowest BCUT2D eigenvalue weighted by Gasteiger charge is -2.34. The van der Waals surface area contributed by atoms with Crippen LogP contribution in [-0.4, -0.2) is 30.3 Å². The Morgan fingerprint density at radius 2 is 1.50 bits per heavy atom. The minimum absolute atomic E-state index is 0.0927. The Bertz CT molecular complexity index is 799. The van der Waals surface area contributed by atoms with E-state index in [0.29, 0.717) is 12.8 Å². The standard InChI is InChI=1S/C20H20N2O2/c1-21-12-14-6-2-3-7-15(14)17(13-21)16-8-4-5-9-18(16)22-19(23)10-11-20(22)24/h2-9,17H,10-13H2,1H3. The second-order valence-corrected chi connectivity index (χ2v) is 6.63. The zero-order chi connectivity index (χ0) is 16.7. The Labute approximate surface area is 141 Å². The summed E-state index contributed by atoms with van der Waals surface area (Å²) in [6.07, 6.45) is 0.628. The van der Waals surface area contributed by atoms with E-state index >= 15 is 0 Å². The molecular formula is C20H20N2O2. The van der Waals surface area contributed by atoms with Gasteiger partial charge < -0.3 is 4.90 Å². The number of carbonyl (C=O) groups is 2. The molecule has 2 heterocycles. The molecule has 0 aliphatic carbocycles. The summed E-state index contributed by atoms with van der Waals surface area (Å²) < 4.78 is 0. The molecule has 0 aromatic heterocycles. The number of nitrogens with zero attached hydrogens (tertiary/aromatic N) is 2. The first-order valence-electron chi connectivity index (χ1n) is 8.36. The molecule has 1 fully saturated rings. The van der Waals surface area contributed by atoms with Crippen LogP contribution in [0.5, 0.6) is 0 Å². The molecule has 0 radical (unpaired) electrons. The van der Waals surface area contributed by atoms with E-state index < -0.39 is 0 Å². The maximum atomic E-state index is 12.2. The first kappa shape index (κ1) is 15.1. The molecule has 2 amide bonds. The normalized spacial score (nSPS) is 21.2. The summed E-state index contributed by atoms with van der Waals surface area (Å²) in [6, 6.07) is 16.3. The predicted molar refractivity (Wildman–Crippen MR) is 92.8 cm³/mol. The van der Waals surface area contributed by atoms with Crippen molar-refractivity contribution in [2.75, 3.05) is 18.5 Å². The Morgan fingerprint density at radius 1 is 0.875 bits per heavy atom. The highest BCUT2D eigenvalue weighted by molar-refractivity contribution is 6.20. The van der Waals surface area contributed by atoms with Gasteiger partial charge in [-0.05, 0) is 29.8 Å². The summed E-state index contributed by atoms with van der Waals surface area (Å²) in [5.74, 6) is -0.0212. The lowest BCUT2D eigenvalue weighted by molar-refractivity contribution is -0.121. The van der Waals surface area contributed by atoms with Gasteiger partial charge in [-0.2, -0.15) is 0 Å². The van der Waals surface area contributed by atoms with Gasteiger partial charge in [0.25, 0.3) is 0 Å². The van der Waals surface area contributed by atoms with Crippen molar-refractivity contribution < 1.29 is 9.59 Å². The van der Waals surface area contributed by atoms with Crippen LogP contribution in [0.25, 0.3) is 0 Å². The average molecular weight is 320 g/mol. The van der Waals surface area contributed by atoms with Crippen molar-refractivity contribution in [3.8, 4) is 0 Å². The number of para-hydroxylation sites is 1. The lowest BCUT2D eigenvalue weighted by atomic mass is 9.84. The second-order valence-electron chi connectivity index (χ2n) is 6.63. The zero-order valence-corrected chi connectivity index (χ0v) is 13.7. The van der Waals surface area contributed by atoms with Crippen molar-refractivity contribution in [3.05, 3.63) is 65.2 Å². The van der Waals surface area contributed by atoms with E-state index in [1.807, 2.05) is 18.2 Å². The van der Waals surface area contributed by atoms with Crippen LogP contribution < -0.4 is 4.90 Å². The van der Waals surface area contributed by atoms with Crippen molar-refractivity contribution in [1.82, 2.24) is 4.90 Å². The highest BCUT2D eigenvalue weighted by atomic mass is 16.2. The summed E-state index contributed by atoms with van der Waals surface area (Å²) in [5.41, 5.74) is 4.41. The van der Waals surface area contributed by atoms with Gasteiger partial charge >= 0.3 is 0 Å². The molecule has 0 saturated carbocycles. The summed E-state index contributed by atoms with van der Waals surface area (Å²) >= 11 is 0. The van der Waals surface area contributed by atoms with Gasteiger partial charge in [0.1, 0.15) is 0 Å².